The SMILES string of the molecule is CSc1ccc(-c2cc(CSc3nc(Cc4c(Cl)cccc4Cl)c(C(C)C)c(=O)[nH]3)[nH]n2)cc1. The van der Waals surface area contributed by atoms with Gasteiger partial charge >= 0.3 is 0 Å². The first kappa shape index (κ1) is 24.9. The molecule has 2 aromatic heterocycles. The lowest BCUT2D eigenvalue weighted by atomic mass is 9.98. The molecule has 2 N–H and O–H groups in total. The lowest BCUT2D eigenvalue weighted by Gasteiger charge is -2.14. The fourth-order valence-corrected chi connectivity index (χ4v) is 5.38. The zero-order valence-electron chi connectivity index (χ0n) is 19.0. The van der Waals surface area contributed by atoms with Crippen LogP contribution in [0.25, 0.3) is 11.3 Å². The van der Waals surface area contributed by atoms with Gasteiger partial charge in [0.1, 0.15) is 0 Å². The molecule has 5 nitrogen and oxygen atoms in total. The fraction of sp³-hybridized carbons (Fsp3) is 0.240. The number of H-pyrrole nitrogens is 2. The second-order valence-electron chi connectivity index (χ2n) is 8.06. The Balaban J connectivity index is 1.56. The summed E-state index contributed by atoms with van der Waals surface area (Å²) in [6.07, 6.45) is 2.45. The minimum Gasteiger partial charge on any atom is -0.301 e. The summed E-state index contributed by atoms with van der Waals surface area (Å²) in [6, 6.07) is 15.7. The molecule has 0 atom stereocenters. The maximum atomic E-state index is 12.9. The largest absolute Gasteiger partial charge is 0.301 e. The zero-order chi connectivity index (χ0) is 24.2. The van der Waals surface area contributed by atoms with Gasteiger partial charge in [-0.05, 0) is 48.1 Å². The van der Waals surface area contributed by atoms with Crippen molar-refractivity contribution < 1.29 is 0 Å². The highest BCUT2D eigenvalue weighted by molar-refractivity contribution is 7.98. The Morgan fingerprint density at radius 3 is 2.41 bits per heavy atom. The molecule has 0 fully saturated rings. The average molecular weight is 532 g/mol. The van der Waals surface area contributed by atoms with Crippen LogP contribution in [0.5, 0.6) is 0 Å². The quantitative estimate of drug-likeness (QED) is 0.186. The molecule has 0 saturated heterocycles. The van der Waals surface area contributed by atoms with Gasteiger partial charge in [0.05, 0.1) is 11.4 Å². The van der Waals surface area contributed by atoms with Gasteiger partial charge in [0.2, 0.25) is 0 Å². The number of hydrogen-bond donors (Lipinski definition) is 2. The highest BCUT2D eigenvalue weighted by atomic mass is 35.5. The van der Waals surface area contributed by atoms with E-state index in [4.69, 9.17) is 28.2 Å². The predicted octanol–water partition coefficient (Wildman–Crippen LogP) is 7.20. The summed E-state index contributed by atoms with van der Waals surface area (Å²) in [5.74, 6) is 0.603. The van der Waals surface area contributed by atoms with Gasteiger partial charge in [-0.3, -0.25) is 9.89 Å². The number of benzene rings is 2. The van der Waals surface area contributed by atoms with Crippen LogP contribution in [0.2, 0.25) is 10.0 Å². The number of aromatic nitrogens is 4. The van der Waals surface area contributed by atoms with Gasteiger partial charge in [0, 0.05) is 43.9 Å². The number of nitrogens with one attached hydrogen (secondary N) is 2. The van der Waals surface area contributed by atoms with Crippen molar-refractivity contribution in [2.45, 2.75) is 42.0 Å². The Morgan fingerprint density at radius 1 is 1.06 bits per heavy atom. The van der Waals surface area contributed by atoms with E-state index in [1.165, 1.54) is 16.7 Å². The van der Waals surface area contributed by atoms with Gasteiger partial charge < -0.3 is 4.98 Å². The predicted molar refractivity (Wildman–Crippen MR) is 144 cm³/mol. The molecule has 9 heteroatoms. The second-order valence-corrected chi connectivity index (χ2v) is 10.7. The first-order valence-corrected chi connectivity index (χ1v) is 13.7. The Morgan fingerprint density at radius 2 is 1.76 bits per heavy atom. The summed E-state index contributed by atoms with van der Waals surface area (Å²) >= 11 is 15.9. The fourth-order valence-electron chi connectivity index (χ4n) is 3.66. The molecule has 4 rings (SSSR count). The number of aromatic amines is 2. The van der Waals surface area contributed by atoms with Crippen molar-refractivity contribution in [3.63, 3.8) is 0 Å². The standard InChI is InChI=1S/C25H24Cl2N4OS2/c1-14(2)23-22(12-18-19(26)5-4-6-20(18)27)28-25(29-24(23)32)34-13-16-11-21(31-30-16)15-7-9-17(33-3)10-8-15/h4-11,14H,12-13H2,1-3H3,(H,30,31)(H,28,29,32). The van der Waals surface area contributed by atoms with E-state index in [0.717, 1.165) is 22.5 Å². The highest BCUT2D eigenvalue weighted by Crippen LogP contribution is 2.29. The molecule has 34 heavy (non-hydrogen) atoms. The van der Waals surface area contributed by atoms with E-state index in [1.807, 2.05) is 19.9 Å². The van der Waals surface area contributed by atoms with Crippen molar-refractivity contribution in [2.24, 2.45) is 0 Å². The molecule has 0 aliphatic rings. The van der Waals surface area contributed by atoms with Crippen molar-refractivity contribution in [3.8, 4) is 11.3 Å². The molecule has 0 amide bonds. The molecule has 0 saturated carbocycles. The number of rotatable bonds is 8. The summed E-state index contributed by atoms with van der Waals surface area (Å²) < 4.78 is 0. The van der Waals surface area contributed by atoms with Crippen LogP contribution < -0.4 is 5.56 Å². The lowest BCUT2D eigenvalue weighted by Crippen LogP contribution is -2.20. The van der Waals surface area contributed by atoms with Crippen LogP contribution in [0, 0.1) is 0 Å². The molecule has 0 radical (unpaired) electrons. The number of halogens is 2. The third-order valence-electron chi connectivity index (χ3n) is 5.38. The van der Waals surface area contributed by atoms with Gasteiger partial charge in [0.15, 0.2) is 5.16 Å². The normalized spacial score (nSPS) is 11.4. The molecule has 4 aromatic rings. The molecular formula is C25H24Cl2N4OS2. The Labute approximate surface area is 217 Å². The zero-order valence-corrected chi connectivity index (χ0v) is 22.1. The third-order valence-corrected chi connectivity index (χ3v) is 7.75. The third kappa shape index (κ3) is 5.71. The average Bonchev–Trinajstić information content (AvgIpc) is 3.29. The van der Waals surface area contributed by atoms with E-state index >= 15 is 0 Å². The van der Waals surface area contributed by atoms with Gasteiger partial charge in [-0.25, -0.2) is 4.98 Å². The summed E-state index contributed by atoms with van der Waals surface area (Å²) in [5, 5.41) is 9.20. The Hall–Kier alpha value is -2.19. The van der Waals surface area contributed by atoms with E-state index in [2.05, 4.69) is 45.7 Å². The van der Waals surface area contributed by atoms with Gasteiger partial charge in [-0.1, -0.05) is 67.0 Å². The minimum atomic E-state index is -0.134. The monoisotopic (exact) mass is 530 g/mol. The Kier molecular flexibility index (Phi) is 8.09. The summed E-state index contributed by atoms with van der Waals surface area (Å²) in [5.41, 5.74) is 4.86. The molecule has 0 bridgehead atoms. The van der Waals surface area contributed by atoms with E-state index in [-0.39, 0.29) is 11.5 Å². The first-order valence-electron chi connectivity index (χ1n) is 10.7. The maximum absolute atomic E-state index is 12.9. The first-order chi connectivity index (χ1) is 16.4. The molecular weight excluding hydrogens is 507 g/mol. The topological polar surface area (TPSA) is 74.4 Å². The van der Waals surface area contributed by atoms with Crippen LogP contribution in [-0.4, -0.2) is 26.4 Å². The van der Waals surface area contributed by atoms with Crippen LogP contribution in [0.4, 0.5) is 0 Å². The second kappa shape index (κ2) is 11.0. The van der Waals surface area contributed by atoms with Crippen molar-refractivity contribution in [1.82, 2.24) is 20.2 Å². The molecule has 0 aliphatic heterocycles. The van der Waals surface area contributed by atoms with Gasteiger partial charge in [-0.15, -0.1) is 11.8 Å². The van der Waals surface area contributed by atoms with Gasteiger partial charge in [0.25, 0.3) is 5.56 Å². The molecule has 2 heterocycles. The van der Waals surface area contributed by atoms with Crippen molar-refractivity contribution in [2.75, 3.05) is 6.26 Å². The van der Waals surface area contributed by atoms with Crippen molar-refractivity contribution in [1.29, 1.82) is 0 Å². The van der Waals surface area contributed by atoms with Crippen molar-refractivity contribution >= 4 is 46.7 Å². The van der Waals surface area contributed by atoms with Crippen LogP contribution in [0.15, 0.2) is 63.4 Å². The maximum Gasteiger partial charge on any atom is 0.255 e. The minimum absolute atomic E-state index is 0.0132. The summed E-state index contributed by atoms with van der Waals surface area (Å²) in [7, 11) is 0. The summed E-state index contributed by atoms with van der Waals surface area (Å²) in [4.78, 5) is 21.8. The smallest absolute Gasteiger partial charge is 0.255 e. The van der Waals surface area contributed by atoms with Crippen molar-refractivity contribution in [3.05, 3.63) is 91.4 Å². The molecule has 0 aliphatic carbocycles. The van der Waals surface area contributed by atoms with Gasteiger partial charge in [-0.2, -0.15) is 5.10 Å². The van der Waals surface area contributed by atoms with E-state index < -0.39 is 0 Å². The van der Waals surface area contributed by atoms with Crippen LogP contribution in [0.3, 0.4) is 0 Å². The van der Waals surface area contributed by atoms with Crippen LogP contribution >= 0.6 is 46.7 Å². The van der Waals surface area contributed by atoms with Crippen LogP contribution in [-0.2, 0) is 12.2 Å². The van der Waals surface area contributed by atoms with E-state index in [9.17, 15) is 4.79 Å². The number of thioether (sulfide) groups is 2. The summed E-state index contributed by atoms with van der Waals surface area (Å²) in [6.45, 7) is 3.96. The van der Waals surface area contributed by atoms with E-state index in [0.29, 0.717) is 38.6 Å². The molecule has 176 valence electrons. The lowest BCUT2D eigenvalue weighted by molar-refractivity contribution is 0.764. The Bertz CT molecular complexity index is 1330. The van der Waals surface area contributed by atoms with Crippen LogP contribution in [0.1, 0.15) is 42.3 Å². The number of hydrogen-bond acceptors (Lipinski definition) is 5. The number of nitrogens with zero attached hydrogens (tertiary/aromatic N) is 2. The van der Waals surface area contributed by atoms with E-state index in [1.54, 1.807) is 30.0 Å². The molecule has 0 unspecified atom stereocenters. The highest BCUT2D eigenvalue weighted by Gasteiger charge is 2.18. The molecule has 2 aromatic carbocycles. The molecule has 0 spiro atoms.